The number of rotatable bonds is 4. The molecular weight excluding hydrogens is 262 g/mol. The van der Waals surface area contributed by atoms with Gasteiger partial charge in [-0.15, -0.1) is 0 Å². The molecule has 0 aliphatic heterocycles. The highest BCUT2D eigenvalue weighted by Gasteiger charge is 2.20. The van der Waals surface area contributed by atoms with E-state index in [9.17, 15) is 8.42 Å². The van der Waals surface area contributed by atoms with Crippen LogP contribution in [0.25, 0.3) is 10.9 Å². The predicted molar refractivity (Wildman–Crippen MR) is 75.3 cm³/mol. The molecule has 5 nitrogen and oxygen atoms in total. The van der Waals surface area contributed by atoms with Crippen molar-refractivity contribution in [2.75, 3.05) is 6.54 Å². The van der Waals surface area contributed by atoms with E-state index in [1.54, 1.807) is 37.4 Å². The summed E-state index contributed by atoms with van der Waals surface area (Å²) in [5.74, 6) is 0. The van der Waals surface area contributed by atoms with Crippen LogP contribution in [0.3, 0.4) is 0 Å². The van der Waals surface area contributed by atoms with Crippen molar-refractivity contribution in [2.24, 2.45) is 5.73 Å². The zero-order chi connectivity index (χ0) is 14.0. The largest absolute Gasteiger partial charge is 0.329 e. The number of nitrogens with one attached hydrogen (secondary N) is 1. The summed E-state index contributed by atoms with van der Waals surface area (Å²) in [6.07, 6.45) is 1.65. The summed E-state index contributed by atoms with van der Waals surface area (Å²) in [5, 5.41) is 0.624. The number of hydrogen-bond donors (Lipinski definition) is 2. The second-order valence-corrected chi connectivity index (χ2v) is 6.22. The first-order chi connectivity index (χ1) is 8.95. The number of hydrogen-bond acceptors (Lipinski definition) is 4. The smallest absolute Gasteiger partial charge is 0.241 e. The fourth-order valence-electron chi connectivity index (χ4n) is 1.90. The molecule has 2 rings (SSSR count). The summed E-state index contributed by atoms with van der Waals surface area (Å²) in [5.41, 5.74) is 7.10. The van der Waals surface area contributed by atoms with Crippen molar-refractivity contribution in [2.45, 2.75) is 24.8 Å². The first-order valence-corrected chi connectivity index (χ1v) is 7.51. The summed E-state index contributed by atoms with van der Waals surface area (Å²) < 4.78 is 27.2. The molecule has 0 spiro atoms. The van der Waals surface area contributed by atoms with Crippen LogP contribution >= 0.6 is 0 Å². The molecule has 0 radical (unpaired) electrons. The van der Waals surface area contributed by atoms with E-state index in [0.717, 1.165) is 5.56 Å². The van der Waals surface area contributed by atoms with Gasteiger partial charge in [0, 0.05) is 24.2 Å². The van der Waals surface area contributed by atoms with Gasteiger partial charge >= 0.3 is 0 Å². The van der Waals surface area contributed by atoms with E-state index >= 15 is 0 Å². The Kier molecular flexibility index (Phi) is 3.84. The average molecular weight is 279 g/mol. The molecule has 0 bridgehead atoms. The fourth-order valence-corrected chi connectivity index (χ4v) is 3.35. The van der Waals surface area contributed by atoms with Gasteiger partial charge in [0.1, 0.15) is 0 Å². The fraction of sp³-hybridized carbons (Fsp3) is 0.308. The Morgan fingerprint density at radius 3 is 2.79 bits per heavy atom. The van der Waals surface area contributed by atoms with Crippen LogP contribution in [0.15, 0.2) is 35.4 Å². The Morgan fingerprint density at radius 1 is 1.37 bits per heavy atom. The van der Waals surface area contributed by atoms with Gasteiger partial charge in [0.2, 0.25) is 10.0 Å². The van der Waals surface area contributed by atoms with Crippen molar-refractivity contribution < 1.29 is 8.42 Å². The van der Waals surface area contributed by atoms with Gasteiger partial charge < -0.3 is 5.73 Å². The van der Waals surface area contributed by atoms with Crippen LogP contribution < -0.4 is 10.5 Å². The van der Waals surface area contributed by atoms with E-state index in [4.69, 9.17) is 5.73 Å². The average Bonchev–Trinajstić information content (AvgIpc) is 2.38. The van der Waals surface area contributed by atoms with Gasteiger partial charge in [-0.3, -0.25) is 4.98 Å². The van der Waals surface area contributed by atoms with Crippen LogP contribution in [-0.2, 0) is 10.0 Å². The maximum atomic E-state index is 12.3. The number of aryl methyl sites for hydroxylation is 1. The van der Waals surface area contributed by atoms with E-state index in [-0.39, 0.29) is 17.5 Å². The van der Waals surface area contributed by atoms with Crippen molar-refractivity contribution in [1.29, 1.82) is 0 Å². The number of fused-ring (bicyclic) bond motifs is 1. The summed E-state index contributed by atoms with van der Waals surface area (Å²) >= 11 is 0. The standard InChI is InChI=1S/C13H17N3O2S/c1-9-5-6-12(11-4-3-7-15-13(9)11)19(17,18)16-10(2)8-14/h3-7,10,16H,8,14H2,1-2H3. The van der Waals surface area contributed by atoms with Crippen molar-refractivity contribution in [3.05, 3.63) is 36.0 Å². The highest BCUT2D eigenvalue weighted by molar-refractivity contribution is 7.89. The molecular formula is C13H17N3O2S. The molecule has 1 heterocycles. The minimum atomic E-state index is -3.58. The molecule has 1 aromatic carbocycles. The third-order valence-electron chi connectivity index (χ3n) is 2.93. The van der Waals surface area contributed by atoms with E-state index in [0.29, 0.717) is 10.9 Å². The molecule has 1 atom stereocenters. The molecule has 0 saturated carbocycles. The number of aromatic nitrogens is 1. The van der Waals surface area contributed by atoms with Crippen molar-refractivity contribution in [3.63, 3.8) is 0 Å². The van der Waals surface area contributed by atoms with E-state index in [1.165, 1.54) is 0 Å². The molecule has 19 heavy (non-hydrogen) atoms. The molecule has 1 unspecified atom stereocenters. The van der Waals surface area contributed by atoms with Crippen LogP contribution in [0, 0.1) is 6.92 Å². The second kappa shape index (κ2) is 5.24. The summed E-state index contributed by atoms with van der Waals surface area (Å²) in [6, 6.07) is 6.55. The third kappa shape index (κ3) is 2.75. The maximum Gasteiger partial charge on any atom is 0.241 e. The quantitative estimate of drug-likeness (QED) is 0.879. The second-order valence-electron chi connectivity index (χ2n) is 4.54. The van der Waals surface area contributed by atoms with Crippen molar-refractivity contribution in [1.82, 2.24) is 9.71 Å². The molecule has 0 saturated heterocycles. The van der Waals surface area contributed by atoms with Crippen LogP contribution in [-0.4, -0.2) is 26.0 Å². The topological polar surface area (TPSA) is 85.1 Å². The van der Waals surface area contributed by atoms with Crippen LogP contribution in [0.4, 0.5) is 0 Å². The SMILES string of the molecule is Cc1ccc(S(=O)(=O)NC(C)CN)c2cccnc12. The van der Waals surface area contributed by atoms with Gasteiger partial charge in [-0.2, -0.15) is 0 Å². The first kappa shape index (κ1) is 13.9. The van der Waals surface area contributed by atoms with Gasteiger partial charge in [0.05, 0.1) is 10.4 Å². The Balaban J connectivity index is 2.60. The monoisotopic (exact) mass is 279 g/mol. The maximum absolute atomic E-state index is 12.3. The minimum absolute atomic E-state index is 0.238. The molecule has 0 amide bonds. The van der Waals surface area contributed by atoms with Crippen LogP contribution in [0.1, 0.15) is 12.5 Å². The lowest BCUT2D eigenvalue weighted by atomic mass is 10.1. The first-order valence-electron chi connectivity index (χ1n) is 6.02. The summed E-state index contributed by atoms with van der Waals surface area (Å²) in [6.45, 7) is 3.88. The van der Waals surface area contributed by atoms with Crippen molar-refractivity contribution in [3.8, 4) is 0 Å². The Bertz CT molecular complexity index is 698. The Morgan fingerprint density at radius 2 is 2.11 bits per heavy atom. The molecule has 2 aromatic rings. The molecule has 102 valence electrons. The molecule has 3 N–H and O–H groups in total. The molecule has 0 aliphatic rings. The number of benzene rings is 1. The highest BCUT2D eigenvalue weighted by atomic mass is 32.2. The summed E-state index contributed by atoms with van der Waals surface area (Å²) in [4.78, 5) is 4.47. The lowest BCUT2D eigenvalue weighted by molar-refractivity contribution is 0.563. The lowest BCUT2D eigenvalue weighted by Crippen LogP contribution is -2.37. The molecule has 6 heteroatoms. The van der Waals surface area contributed by atoms with Gasteiger partial charge in [-0.1, -0.05) is 6.07 Å². The zero-order valence-electron chi connectivity index (χ0n) is 10.9. The Labute approximate surface area is 112 Å². The number of sulfonamides is 1. The number of nitrogens with zero attached hydrogens (tertiary/aromatic N) is 1. The number of pyridine rings is 1. The predicted octanol–water partition coefficient (Wildman–Crippen LogP) is 1.17. The summed E-state index contributed by atoms with van der Waals surface area (Å²) in [7, 11) is -3.58. The van der Waals surface area contributed by atoms with Gasteiger partial charge in [0.15, 0.2) is 0 Å². The van der Waals surface area contributed by atoms with Gasteiger partial charge in [-0.25, -0.2) is 13.1 Å². The van der Waals surface area contributed by atoms with Crippen LogP contribution in [0.2, 0.25) is 0 Å². The third-order valence-corrected chi connectivity index (χ3v) is 4.58. The van der Waals surface area contributed by atoms with Crippen LogP contribution in [0.5, 0.6) is 0 Å². The zero-order valence-corrected chi connectivity index (χ0v) is 11.7. The normalized spacial score (nSPS) is 13.6. The molecule has 0 fully saturated rings. The Hall–Kier alpha value is -1.50. The van der Waals surface area contributed by atoms with E-state index < -0.39 is 10.0 Å². The van der Waals surface area contributed by atoms with Gasteiger partial charge in [-0.05, 0) is 37.6 Å². The molecule has 1 aromatic heterocycles. The van der Waals surface area contributed by atoms with E-state index in [2.05, 4.69) is 9.71 Å². The number of nitrogens with two attached hydrogens (primary N) is 1. The molecule has 0 aliphatic carbocycles. The lowest BCUT2D eigenvalue weighted by Gasteiger charge is -2.14. The van der Waals surface area contributed by atoms with E-state index in [1.807, 2.05) is 6.92 Å². The highest BCUT2D eigenvalue weighted by Crippen LogP contribution is 2.24. The van der Waals surface area contributed by atoms with Crippen molar-refractivity contribution >= 4 is 20.9 Å². The van der Waals surface area contributed by atoms with Gasteiger partial charge in [0.25, 0.3) is 0 Å². The minimum Gasteiger partial charge on any atom is -0.329 e.